The summed E-state index contributed by atoms with van der Waals surface area (Å²) in [7, 11) is 0. The lowest BCUT2D eigenvalue weighted by Crippen LogP contribution is -2.31. The zero-order chi connectivity index (χ0) is 33.5. The summed E-state index contributed by atoms with van der Waals surface area (Å²) >= 11 is 1.96. The van der Waals surface area contributed by atoms with Crippen molar-refractivity contribution in [2.75, 3.05) is 4.90 Å². The van der Waals surface area contributed by atoms with E-state index in [4.69, 9.17) is 0 Å². The van der Waals surface area contributed by atoms with Gasteiger partial charge in [-0.15, -0.1) is 11.3 Å². The van der Waals surface area contributed by atoms with Gasteiger partial charge in [-0.2, -0.15) is 0 Å². The van der Waals surface area contributed by atoms with Crippen molar-refractivity contribution in [3.63, 3.8) is 0 Å². The second-order valence-electron chi connectivity index (χ2n) is 13.9. The summed E-state index contributed by atoms with van der Waals surface area (Å²) in [6.45, 7) is 0. The summed E-state index contributed by atoms with van der Waals surface area (Å²) in [6, 6.07) is 59.4. The highest BCUT2D eigenvalue weighted by atomic mass is 32.1. The van der Waals surface area contributed by atoms with E-state index in [1.54, 1.807) is 0 Å². The number of benzene rings is 8. The van der Waals surface area contributed by atoms with E-state index in [1.807, 2.05) is 11.3 Å². The number of allylic oxidation sites excluding steroid dienone is 2. The highest BCUT2D eigenvalue weighted by Gasteiger charge is 2.48. The number of para-hydroxylation sites is 1. The minimum atomic E-state index is -0.524. The predicted molar refractivity (Wildman–Crippen MR) is 218 cm³/mol. The molecule has 1 unspecified atom stereocenters. The Morgan fingerprint density at radius 2 is 1.20 bits per heavy atom. The molecule has 240 valence electrons. The Kier molecular flexibility index (Phi) is 6.23. The number of anilines is 2. The van der Waals surface area contributed by atoms with Crippen LogP contribution >= 0.6 is 11.3 Å². The molecule has 0 bridgehead atoms. The fraction of sp³-hybridized carbons (Fsp3) is 0.0612. The lowest BCUT2D eigenvalue weighted by Gasteiger charge is -2.36. The van der Waals surface area contributed by atoms with E-state index in [2.05, 4.69) is 187 Å². The number of hydrogen-bond donors (Lipinski definition) is 0. The molecule has 0 N–H and O–H groups in total. The third kappa shape index (κ3) is 3.97. The summed E-state index contributed by atoms with van der Waals surface area (Å²) in [5, 5.41) is 8.14. The van der Waals surface area contributed by atoms with E-state index in [1.165, 1.54) is 86.5 Å². The van der Waals surface area contributed by atoms with Crippen LogP contribution in [0.3, 0.4) is 0 Å². The lowest BCUT2D eigenvalue weighted by atomic mass is 9.67. The minimum absolute atomic E-state index is 0.215. The molecule has 0 spiro atoms. The molecule has 0 saturated carbocycles. The number of thiophene rings is 1. The van der Waals surface area contributed by atoms with Gasteiger partial charge in [-0.3, -0.25) is 0 Å². The third-order valence-corrected chi connectivity index (χ3v) is 12.5. The van der Waals surface area contributed by atoms with Gasteiger partial charge in [0.05, 0.1) is 11.5 Å². The second-order valence-corrected chi connectivity index (χ2v) is 15.0. The number of hydrogen-bond acceptors (Lipinski definition) is 2. The summed E-state index contributed by atoms with van der Waals surface area (Å²) in [5.74, 6) is 0. The molecule has 9 aromatic rings. The maximum absolute atomic E-state index is 2.57. The van der Waals surface area contributed by atoms with Crippen LogP contribution in [0.1, 0.15) is 28.7 Å². The maximum atomic E-state index is 2.57. The van der Waals surface area contributed by atoms with Crippen molar-refractivity contribution < 1.29 is 0 Å². The molecule has 1 aromatic heterocycles. The molecule has 2 aliphatic carbocycles. The molecule has 0 saturated heterocycles. The molecule has 1 heterocycles. The van der Waals surface area contributed by atoms with Crippen molar-refractivity contribution in [1.82, 2.24) is 0 Å². The topological polar surface area (TPSA) is 3.24 Å². The van der Waals surface area contributed by atoms with Crippen molar-refractivity contribution in [1.29, 1.82) is 0 Å². The Morgan fingerprint density at radius 3 is 1.90 bits per heavy atom. The molecule has 0 aliphatic heterocycles. The Balaban J connectivity index is 1.31. The number of fused-ring (bicyclic) bond motifs is 7. The predicted octanol–water partition coefficient (Wildman–Crippen LogP) is 13.2. The van der Waals surface area contributed by atoms with E-state index >= 15 is 0 Å². The van der Waals surface area contributed by atoms with Crippen LogP contribution in [0.2, 0.25) is 0 Å². The molecular weight excluding hydrogens is 635 g/mol. The van der Waals surface area contributed by atoms with Crippen molar-refractivity contribution in [3.8, 4) is 11.1 Å². The first-order valence-electron chi connectivity index (χ1n) is 17.9. The Bertz CT molecular complexity index is 2790. The Morgan fingerprint density at radius 1 is 0.529 bits per heavy atom. The molecule has 2 heteroatoms. The van der Waals surface area contributed by atoms with Crippen LogP contribution in [-0.2, 0) is 5.41 Å². The van der Waals surface area contributed by atoms with Gasteiger partial charge in [0.15, 0.2) is 0 Å². The van der Waals surface area contributed by atoms with Crippen LogP contribution in [0.4, 0.5) is 11.4 Å². The summed E-state index contributed by atoms with van der Waals surface area (Å²) in [5.41, 5.74) is 9.87. The molecular formula is C49H33NS. The molecule has 1 nitrogen and oxygen atoms in total. The largest absolute Gasteiger partial charge is 0.334 e. The highest BCUT2D eigenvalue weighted by Crippen LogP contribution is 2.61. The van der Waals surface area contributed by atoms with Gasteiger partial charge in [0.1, 0.15) is 0 Å². The number of rotatable bonds is 5. The SMILES string of the molecule is C1=CCC(N(c2ccccc2)c2ccc3c(c2)C(c2ccccc2)(c2ccccc2)c2cc4c5ccccc5c5cccc6sc(c2-3)c4c65)C=C1. The molecule has 1 atom stereocenters. The van der Waals surface area contributed by atoms with Crippen molar-refractivity contribution in [2.24, 2.45) is 0 Å². The summed E-state index contributed by atoms with van der Waals surface area (Å²) < 4.78 is 2.75. The first-order chi connectivity index (χ1) is 25.3. The van der Waals surface area contributed by atoms with Gasteiger partial charge < -0.3 is 4.90 Å². The average Bonchev–Trinajstić information content (AvgIpc) is 3.73. The quantitative estimate of drug-likeness (QED) is 0.165. The fourth-order valence-corrected chi connectivity index (χ4v) is 10.7. The Hall–Kier alpha value is -5.96. The molecule has 0 amide bonds. The average molecular weight is 668 g/mol. The van der Waals surface area contributed by atoms with E-state index in [0.717, 1.165) is 6.42 Å². The molecule has 0 radical (unpaired) electrons. The van der Waals surface area contributed by atoms with Crippen LogP contribution in [-0.4, -0.2) is 6.04 Å². The van der Waals surface area contributed by atoms with Crippen LogP contribution in [0.5, 0.6) is 0 Å². The van der Waals surface area contributed by atoms with Gasteiger partial charge in [0.25, 0.3) is 0 Å². The van der Waals surface area contributed by atoms with Gasteiger partial charge in [-0.25, -0.2) is 0 Å². The van der Waals surface area contributed by atoms with Crippen LogP contribution in [0.15, 0.2) is 182 Å². The molecule has 11 rings (SSSR count). The van der Waals surface area contributed by atoms with E-state index < -0.39 is 5.41 Å². The first kappa shape index (κ1) is 28.8. The van der Waals surface area contributed by atoms with Crippen molar-refractivity contribution in [3.05, 3.63) is 204 Å². The normalized spacial score (nSPS) is 16.0. The summed E-state index contributed by atoms with van der Waals surface area (Å²) in [6.07, 6.45) is 9.94. The van der Waals surface area contributed by atoms with Gasteiger partial charge >= 0.3 is 0 Å². The minimum Gasteiger partial charge on any atom is -0.334 e. The molecule has 51 heavy (non-hydrogen) atoms. The standard InChI is InChI=1S/C49H33NS/c1-5-16-32(17-6-1)49(33-18-7-2-8-19-33)42-30-36(50(34-20-9-3-10-21-34)35-22-11-4-12-23-35)28-29-40(42)45-43(49)31-41-38-25-14-13-24-37(38)39-26-15-27-44-46(39)47(41)48(45)51-44/h1-22,24-31,35H,23H2. The van der Waals surface area contributed by atoms with E-state index in [0.29, 0.717) is 0 Å². The fourth-order valence-electron chi connectivity index (χ4n) is 9.35. The molecule has 0 fully saturated rings. The third-order valence-electron chi connectivity index (χ3n) is 11.4. The molecule has 2 aliphatic rings. The second kappa shape index (κ2) is 11.0. The van der Waals surface area contributed by atoms with E-state index in [9.17, 15) is 0 Å². The lowest BCUT2D eigenvalue weighted by molar-refractivity contribution is 0.761. The van der Waals surface area contributed by atoms with Crippen LogP contribution in [0, 0.1) is 0 Å². The van der Waals surface area contributed by atoms with Gasteiger partial charge in [0, 0.05) is 37.1 Å². The van der Waals surface area contributed by atoms with Crippen molar-refractivity contribution >= 4 is 64.4 Å². The maximum Gasteiger partial charge on any atom is 0.0715 e. The van der Waals surface area contributed by atoms with Crippen LogP contribution < -0.4 is 4.90 Å². The molecule has 8 aromatic carbocycles. The monoisotopic (exact) mass is 667 g/mol. The van der Waals surface area contributed by atoms with E-state index in [-0.39, 0.29) is 6.04 Å². The first-order valence-corrected chi connectivity index (χ1v) is 18.7. The van der Waals surface area contributed by atoms with Crippen LogP contribution in [0.25, 0.3) is 52.8 Å². The van der Waals surface area contributed by atoms with Gasteiger partial charge in [-0.1, -0.05) is 146 Å². The van der Waals surface area contributed by atoms with Crippen molar-refractivity contribution in [2.45, 2.75) is 17.9 Å². The number of nitrogens with zero attached hydrogens (tertiary/aromatic N) is 1. The Labute approximate surface area is 301 Å². The highest BCUT2D eigenvalue weighted by molar-refractivity contribution is 7.26. The summed E-state index contributed by atoms with van der Waals surface area (Å²) in [4.78, 5) is 2.53. The zero-order valence-electron chi connectivity index (χ0n) is 28.0. The van der Waals surface area contributed by atoms with Gasteiger partial charge in [-0.05, 0) is 92.2 Å². The zero-order valence-corrected chi connectivity index (χ0v) is 28.8. The van der Waals surface area contributed by atoms with Gasteiger partial charge in [0.2, 0.25) is 0 Å². The smallest absolute Gasteiger partial charge is 0.0715 e.